The molecule has 0 aromatic heterocycles. The van der Waals surface area contributed by atoms with Gasteiger partial charge in [-0.2, -0.15) is 0 Å². The van der Waals surface area contributed by atoms with Crippen molar-refractivity contribution in [1.29, 1.82) is 0 Å². The SMILES string of the molecule is C#Cc1cc(F)c(N2CCC(C(=O)N3CCCN(C(C)C)CC3)CC2)c(F)c1. The summed E-state index contributed by atoms with van der Waals surface area (Å²) >= 11 is 0. The van der Waals surface area contributed by atoms with Crippen LogP contribution in [0.25, 0.3) is 0 Å². The lowest BCUT2D eigenvalue weighted by molar-refractivity contribution is -0.136. The van der Waals surface area contributed by atoms with Gasteiger partial charge in [-0.1, -0.05) is 5.92 Å². The van der Waals surface area contributed by atoms with Crippen molar-refractivity contribution in [1.82, 2.24) is 9.80 Å². The summed E-state index contributed by atoms with van der Waals surface area (Å²) in [6, 6.07) is 2.87. The zero-order chi connectivity index (χ0) is 20.3. The van der Waals surface area contributed by atoms with E-state index >= 15 is 0 Å². The Morgan fingerprint density at radius 2 is 1.71 bits per heavy atom. The molecule has 1 amide bonds. The molecule has 6 heteroatoms. The van der Waals surface area contributed by atoms with Crippen molar-refractivity contribution < 1.29 is 13.6 Å². The Kier molecular flexibility index (Phi) is 6.56. The van der Waals surface area contributed by atoms with Gasteiger partial charge in [0.1, 0.15) is 5.69 Å². The number of hydrogen-bond acceptors (Lipinski definition) is 3. The molecule has 2 saturated heterocycles. The third-order valence-corrected chi connectivity index (χ3v) is 5.92. The summed E-state index contributed by atoms with van der Waals surface area (Å²) in [6.45, 7) is 8.76. The minimum Gasteiger partial charge on any atom is -0.367 e. The fourth-order valence-electron chi connectivity index (χ4n) is 4.23. The van der Waals surface area contributed by atoms with E-state index in [9.17, 15) is 13.6 Å². The number of amides is 1. The largest absolute Gasteiger partial charge is 0.367 e. The molecule has 4 nitrogen and oxygen atoms in total. The Hall–Kier alpha value is -2.13. The highest BCUT2D eigenvalue weighted by molar-refractivity contribution is 5.79. The molecule has 2 aliphatic heterocycles. The van der Waals surface area contributed by atoms with Crippen LogP contribution < -0.4 is 4.90 Å². The second-order valence-corrected chi connectivity index (χ2v) is 8.00. The number of anilines is 1. The summed E-state index contributed by atoms with van der Waals surface area (Å²) in [6.07, 6.45) is 7.44. The predicted molar refractivity (Wildman–Crippen MR) is 107 cm³/mol. The van der Waals surface area contributed by atoms with E-state index in [-0.39, 0.29) is 23.1 Å². The number of terminal acetylenes is 1. The quantitative estimate of drug-likeness (QED) is 0.744. The molecule has 2 heterocycles. The molecular formula is C22H29F2N3O. The van der Waals surface area contributed by atoms with Crippen LogP contribution in [0.1, 0.15) is 38.7 Å². The molecule has 0 bridgehead atoms. The van der Waals surface area contributed by atoms with Crippen LogP contribution in [0.2, 0.25) is 0 Å². The first-order valence-corrected chi connectivity index (χ1v) is 10.1. The van der Waals surface area contributed by atoms with Gasteiger partial charge in [0, 0.05) is 56.8 Å². The van der Waals surface area contributed by atoms with Crippen LogP contribution in [0.15, 0.2) is 12.1 Å². The van der Waals surface area contributed by atoms with Gasteiger partial charge in [-0.05, 0) is 45.2 Å². The van der Waals surface area contributed by atoms with Gasteiger partial charge in [-0.3, -0.25) is 9.69 Å². The van der Waals surface area contributed by atoms with E-state index in [2.05, 4.69) is 24.7 Å². The number of hydrogen-bond donors (Lipinski definition) is 0. The molecule has 0 aliphatic carbocycles. The van der Waals surface area contributed by atoms with Crippen molar-refractivity contribution in [2.75, 3.05) is 44.2 Å². The van der Waals surface area contributed by atoms with E-state index in [1.165, 1.54) is 12.1 Å². The highest BCUT2D eigenvalue weighted by atomic mass is 19.1. The first-order chi connectivity index (χ1) is 13.4. The standard InChI is InChI=1S/C22H29F2N3O/c1-4-17-14-19(23)21(20(24)15-17)26-10-6-18(7-11-26)22(28)27-9-5-8-25(12-13-27)16(2)3/h1,14-16,18H,5-13H2,2-3H3. The molecule has 0 atom stereocenters. The van der Waals surface area contributed by atoms with Gasteiger partial charge in [0.2, 0.25) is 5.91 Å². The Morgan fingerprint density at radius 3 is 2.29 bits per heavy atom. The number of benzene rings is 1. The van der Waals surface area contributed by atoms with Crippen LogP contribution in [-0.2, 0) is 4.79 Å². The first-order valence-electron chi connectivity index (χ1n) is 10.1. The molecule has 0 radical (unpaired) electrons. The monoisotopic (exact) mass is 389 g/mol. The molecule has 0 N–H and O–H groups in total. The average Bonchev–Trinajstić information content (AvgIpc) is 2.93. The second-order valence-electron chi connectivity index (χ2n) is 8.00. The second kappa shape index (κ2) is 8.91. The van der Waals surface area contributed by atoms with Crippen molar-refractivity contribution in [3.63, 3.8) is 0 Å². The molecular weight excluding hydrogens is 360 g/mol. The summed E-state index contributed by atoms with van der Waals surface area (Å²) in [5.74, 6) is 1.10. The minimum atomic E-state index is -0.640. The molecule has 2 fully saturated rings. The Labute approximate surface area is 166 Å². The number of nitrogens with zero attached hydrogens (tertiary/aromatic N) is 3. The van der Waals surface area contributed by atoms with Gasteiger partial charge < -0.3 is 9.80 Å². The van der Waals surface area contributed by atoms with Crippen LogP contribution in [0.4, 0.5) is 14.5 Å². The third kappa shape index (κ3) is 4.47. The van der Waals surface area contributed by atoms with Crippen molar-refractivity contribution in [2.45, 2.75) is 39.2 Å². The smallest absolute Gasteiger partial charge is 0.225 e. The van der Waals surface area contributed by atoms with E-state index in [4.69, 9.17) is 6.42 Å². The van der Waals surface area contributed by atoms with E-state index < -0.39 is 11.6 Å². The maximum Gasteiger partial charge on any atom is 0.225 e. The zero-order valence-corrected chi connectivity index (χ0v) is 16.8. The summed E-state index contributed by atoms with van der Waals surface area (Å²) in [4.78, 5) is 19.0. The molecule has 3 rings (SSSR count). The molecule has 1 aromatic rings. The number of rotatable bonds is 3. The minimum absolute atomic E-state index is 0.0350. The molecule has 0 spiro atoms. The summed E-state index contributed by atoms with van der Waals surface area (Å²) in [7, 11) is 0. The Bertz CT molecular complexity index is 728. The average molecular weight is 389 g/mol. The topological polar surface area (TPSA) is 26.8 Å². The maximum absolute atomic E-state index is 14.3. The number of halogens is 2. The van der Waals surface area contributed by atoms with Crippen molar-refractivity contribution in [3.05, 3.63) is 29.3 Å². The summed E-state index contributed by atoms with van der Waals surface area (Å²) in [5, 5.41) is 0. The lowest BCUT2D eigenvalue weighted by Gasteiger charge is -2.35. The number of carbonyl (C=O) groups excluding carboxylic acids is 1. The van der Waals surface area contributed by atoms with Gasteiger partial charge in [-0.25, -0.2) is 8.78 Å². The van der Waals surface area contributed by atoms with E-state index in [0.29, 0.717) is 32.0 Å². The first kappa shape index (κ1) is 20.6. The maximum atomic E-state index is 14.3. The van der Waals surface area contributed by atoms with Crippen molar-refractivity contribution in [3.8, 4) is 12.3 Å². The molecule has 0 unspecified atom stereocenters. The lowest BCUT2D eigenvalue weighted by atomic mass is 9.94. The van der Waals surface area contributed by atoms with E-state index in [1.54, 1.807) is 4.90 Å². The van der Waals surface area contributed by atoms with Crippen LogP contribution in [0.5, 0.6) is 0 Å². The summed E-state index contributed by atoms with van der Waals surface area (Å²) in [5.41, 5.74) is 0.160. The van der Waals surface area contributed by atoms with E-state index in [0.717, 1.165) is 32.6 Å². The predicted octanol–water partition coefficient (Wildman–Crippen LogP) is 3.11. The molecule has 2 aliphatic rings. The summed E-state index contributed by atoms with van der Waals surface area (Å²) < 4.78 is 28.6. The highest BCUT2D eigenvalue weighted by Gasteiger charge is 2.31. The Morgan fingerprint density at radius 1 is 1.07 bits per heavy atom. The van der Waals surface area contributed by atoms with Gasteiger partial charge in [-0.15, -0.1) is 6.42 Å². The van der Waals surface area contributed by atoms with Crippen molar-refractivity contribution >= 4 is 11.6 Å². The fraction of sp³-hybridized carbons (Fsp3) is 0.591. The van der Waals surface area contributed by atoms with Crippen molar-refractivity contribution in [2.24, 2.45) is 5.92 Å². The van der Waals surface area contributed by atoms with Gasteiger partial charge in [0.05, 0.1) is 0 Å². The third-order valence-electron chi connectivity index (χ3n) is 5.92. The molecule has 1 aromatic carbocycles. The molecule has 0 saturated carbocycles. The Balaban J connectivity index is 1.60. The lowest BCUT2D eigenvalue weighted by Crippen LogP contribution is -2.44. The highest BCUT2D eigenvalue weighted by Crippen LogP contribution is 2.30. The zero-order valence-electron chi connectivity index (χ0n) is 16.8. The van der Waals surface area contributed by atoms with Crippen LogP contribution in [-0.4, -0.2) is 61.0 Å². The van der Waals surface area contributed by atoms with Crippen LogP contribution >= 0.6 is 0 Å². The molecule has 152 valence electrons. The van der Waals surface area contributed by atoms with E-state index in [1.807, 2.05) is 4.90 Å². The van der Waals surface area contributed by atoms with Crippen LogP contribution in [0, 0.1) is 29.9 Å². The molecule has 28 heavy (non-hydrogen) atoms. The fourth-order valence-corrected chi connectivity index (χ4v) is 4.23. The normalized spacial score (nSPS) is 19.6. The van der Waals surface area contributed by atoms with Gasteiger partial charge >= 0.3 is 0 Å². The number of piperidine rings is 1. The number of carbonyl (C=O) groups is 1. The van der Waals surface area contributed by atoms with Gasteiger partial charge in [0.25, 0.3) is 0 Å². The van der Waals surface area contributed by atoms with Gasteiger partial charge in [0.15, 0.2) is 11.6 Å². The van der Waals surface area contributed by atoms with Crippen LogP contribution in [0.3, 0.4) is 0 Å².